The molecule has 4 heteroatoms. The van der Waals surface area contributed by atoms with Gasteiger partial charge in [-0.25, -0.2) is 4.39 Å². The van der Waals surface area contributed by atoms with Crippen molar-refractivity contribution in [2.24, 2.45) is 5.73 Å². The van der Waals surface area contributed by atoms with Crippen molar-refractivity contribution in [3.05, 3.63) is 64.0 Å². The summed E-state index contributed by atoms with van der Waals surface area (Å²) in [5.41, 5.74) is 9.92. The monoisotopic (exact) mass is 303 g/mol. The minimum atomic E-state index is -0.322. The standard InChI is InChI=1S/C17H18FNOS/c1-10-6-11(2)16(12(3)7-10)20-9-14-8-13(17(19)21)4-5-15(14)18/h4-8H,9H2,1-3H3,(H2,19,21). The largest absolute Gasteiger partial charge is 0.488 e. The second-order valence-corrected chi connectivity index (χ2v) is 5.63. The fourth-order valence-corrected chi connectivity index (χ4v) is 2.51. The van der Waals surface area contributed by atoms with Gasteiger partial charge < -0.3 is 10.5 Å². The van der Waals surface area contributed by atoms with Crippen molar-refractivity contribution >= 4 is 17.2 Å². The van der Waals surface area contributed by atoms with Gasteiger partial charge in [0.05, 0.1) is 0 Å². The van der Waals surface area contributed by atoms with Crippen LogP contribution in [0.3, 0.4) is 0 Å². The van der Waals surface area contributed by atoms with Crippen molar-refractivity contribution in [3.8, 4) is 5.75 Å². The number of ether oxygens (including phenoxy) is 1. The second-order valence-electron chi connectivity index (χ2n) is 5.19. The van der Waals surface area contributed by atoms with E-state index in [0.29, 0.717) is 11.1 Å². The molecule has 2 aromatic carbocycles. The minimum Gasteiger partial charge on any atom is -0.488 e. The van der Waals surface area contributed by atoms with Gasteiger partial charge in [0, 0.05) is 11.1 Å². The van der Waals surface area contributed by atoms with Crippen LogP contribution in [-0.2, 0) is 6.61 Å². The Morgan fingerprint density at radius 2 is 1.76 bits per heavy atom. The molecule has 0 aliphatic heterocycles. The van der Waals surface area contributed by atoms with E-state index in [0.717, 1.165) is 16.9 Å². The van der Waals surface area contributed by atoms with Crippen LogP contribution in [0.5, 0.6) is 5.75 Å². The summed E-state index contributed by atoms with van der Waals surface area (Å²) in [7, 11) is 0. The Hall–Kier alpha value is -1.94. The molecule has 0 fully saturated rings. The van der Waals surface area contributed by atoms with Crippen LogP contribution in [-0.4, -0.2) is 4.99 Å². The van der Waals surface area contributed by atoms with E-state index in [1.165, 1.54) is 11.6 Å². The number of halogens is 1. The minimum absolute atomic E-state index is 0.146. The highest BCUT2D eigenvalue weighted by Gasteiger charge is 2.09. The summed E-state index contributed by atoms with van der Waals surface area (Å²) >= 11 is 4.91. The van der Waals surface area contributed by atoms with E-state index >= 15 is 0 Å². The van der Waals surface area contributed by atoms with Gasteiger partial charge in [0.1, 0.15) is 23.2 Å². The van der Waals surface area contributed by atoms with E-state index in [-0.39, 0.29) is 17.4 Å². The lowest BCUT2D eigenvalue weighted by atomic mass is 10.1. The molecular weight excluding hydrogens is 285 g/mol. The van der Waals surface area contributed by atoms with Crippen LogP contribution in [0.2, 0.25) is 0 Å². The van der Waals surface area contributed by atoms with Crippen molar-refractivity contribution < 1.29 is 9.13 Å². The highest BCUT2D eigenvalue weighted by molar-refractivity contribution is 7.80. The summed E-state index contributed by atoms with van der Waals surface area (Å²) in [5.74, 6) is 0.471. The van der Waals surface area contributed by atoms with Gasteiger partial charge >= 0.3 is 0 Å². The molecule has 0 radical (unpaired) electrons. The number of hydrogen-bond donors (Lipinski definition) is 1. The quantitative estimate of drug-likeness (QED) is 0.868. The van der Waals surface area contributed by atoms with E-state index in [1.54, 1.807) is 12.1 Å². The molecule has 0 aromatic heterocycles. The van der Waals surface area contributed by atoms with Gasteiger partial charge in [0.25, 0.3) is 0 Å². The topological polar surface area (TPSA) is 35.2 Å². The molecule has 0 aliphatic rings. The van der Waals surface area contributed by atoms with Crippen LogP contribution in [0.25, 0.3) is 0 Å². The van der Waals surface area contributed by atoms with E-state index in [4.69, 9.17) is 22.7 Å². The van der Waals surface area contributed by atoms with Crippen LogP contribution in [0, 0.1) is 26.6 Å². The lowest BCUT2D eigenvalue weighted by Gasteiger charge is -2.14. The number of aryl methyl sites for hydroxylation is 3. The van der Waals surface area contributed by atoms with Gasteiger partial charge in [0.2, 0.25) is 0 Å². The summed E-state index contributed by atoms with van der Waals surface area (Å²) in [6.07, 6.45) is 0. The smallest absolute Gasteiger partial charge is 0.129 e. The lowest BCUT2D eigenvalue weighted by molar-refractivity contribution is 0.295. The van der Waals surface area contributed by atoms with Gasteiger partial charge in [0.15, 0.2) is 0 Å². The number of nitrogens with two attached hydrogens (primary N) is 1. The number of rotatable bonds is 4. The average Bonchev–Trinajstić information content (AvgIpc) is 2.39. The molecule has 2 rings (SSSR count). The first-order valence-electron chi connectivity index (χ1n) is 6.67. The molecule has 0 amide bonds. The first kappa shape index (κ1) is 15.4. The number of benzene rings is 2. The molecule has 2 aromatic rings. The van der Waals surface area contributed by atoms with Crippen molar-refractivity contribution in [2.75, 3.05) is 0 Å². The third-order valence-electron chi connectivity index (χ3n) is 3.31. The first-order valence-corrected chi connectivity index (χ1v) is 7.08. The maximum Gasteiger partial charge on any atom is 0.129 e. The van der Waals surface area contributed by atoms with Crippen LogP contribution >= 0.6 is 12.2 Å². The van der Waals surface area contributed by atoms with Crippen LogP contribution < -0.4 is 10.5 Å². The van der Waals surface area contributed by atoms with Gasteiger partial charge in [-0.05, 0) is 50.1 Å². The summed E-state index contributed by atoms with van der Waals surface area (Å²) in [5, 5.41) is 0. The van der Waals surface area contributed by atoms with E-state index in [9.17, 15) is 4.39 Å². The van der Waals surface area contributed by atoms with Crippen LogP contribution in [0.15, 0.2) is 30.3 Å². The average molecular weight is 303 g/mol. The normalized spacial score (nSPS) is 10.5. The Morgan fingerprint density at radius 1 is 1.14 bits per heavy atom. The van der Waals surface area contributed by atoms with Crippen LogP contribution in [0.4, 0.5) is 4.39 Å². The predicted octanol–water partition coefficient (Wildman–Crippen LogP) is 3.96. The number of thiocarbonyl (C=S) groups is 1. The zero-order valence-corrected chi connectivity index (χ0v) is 13.2. The Morgan fingerprint density at radius 3 is 2.33 bits per heavy atom. The highest BCUT2D eigenvalue weighted by Crippen LogP contribution is 2.26. The highest BCUT2D eigenvalue weighted by atomic mass is 32.1. The molecule has 0 heterocycles. The second kappa shape index (κ2) is 6.22. The Labute approximate surface area is 129 Å². The summed E-state index contributed by atoms with van der Waals surface area (Å²) in [6, 6.07) is 8.66. The maximum absolute atomic E-state index is 13.8. The lowest BCUT2D eigenvalue weighted by Crippen LogP contribution is -2.11. The summed E-state index contributed by atoms with van der Waals surface area (Å²) < 4.78 is 19.6. The summed E-state index contributed by atoms with van der Waals surface area (Å²) in [4.78, 5) is 0.249. The molecule has 0 saturated carbocycles. The van der Waals surface area contributed by atoms with Crippen LogP contribution in [0.1, 0.15) is 27.8 Å². The molecule has 2 nitrogen and oxygen atoms in total. The third-order valence-corrected chi connectivity index (χ3v) is 3.54. The maximum atomic E-state index is 13.8. The van der Waals surface area contributed by atoms with Gasteiger partial charge in [-0.3, -0.25) is 0 Å². The number of hydrogen-bond acceptors (Lipinski definition) is 2. The Balaban J connectivity index is 2.24. The molecule has 0 bridgehead atoms. The molecule has 0 atom stereocenters. The zero-order valence-electron chi connectivity index (χ0n) is 12.4. The first-order chi connectivity index (χ1) is 9.88. The zero-order chi connectivity index (χ0) is 15.6. The Kier molecular flexibility index (Phi) is 4.58. The molecular formula is C17H18FNOS. The molecule has 2 N–H and O–H groups in total. The third kappa shape index (κ3) is 3.58. The van der Waals surface area contributed by atoms with E-state index in [2.05, 4.69) is 0 Å². The molecule has 0 unspecified atom stereocenters. The fraction of sp³-hybridized carbons (Fsp3) is 0.235. The Bertz CT molecular complexity index is 674. The molecule has 21 heavy (non-hydrogen) atoms. The molecule has 110 valence electrons. The predicted molar refractivity (Wildman–Crippen MR) is 87.3 cm³/mol. The van der Waals surface area contributed by atoms with Crippen molar-refractivity contribution in [3.63, 3.8) is 0 Å². The van der Waals surface area contributed by atoms with E-state index in [1.807, 2.05) is 32.9 Å². The SMILES string of the molecule is Cc1cc(C)c(OCc2cc(C(N)=S)ccc2F)c(C)c1. The van der Waals surface area contributed by atoms with Crippen molar-refractivity contribution in [1.29, 1.82) is 0 Å². The van der Waals surface area contributed by atoms with Gasteiger partial charge in [-0.15, -0.1) is 0 Å². The van der Waals surface area contributed by atoms with Gasteiger partial charge in [-0.2, -0.15) is 0 Å². The molecule has 0 spiro atoms. The van der Waals surface area contributed by atoms with Gasteiger partial charge in [-0.1, -0.05) is 29.9 Å². The van der Waals surface area contributed by atoms with E-state index < -0.39 is 0 Å². The fourth-order valence-electron chi connectivity index (χ4n) is 2.38. The van der Waals surface area contributed by atoms with Crippen molar-refractivity contribution in [2.45, 2.75) is 27.4 Å². The summed E-state index contributed by atoms with van der Waals surface area (Å²) in [6.45, 7) is 6.15. The molecule has 0 saturated heterocycles. The van der Waals surface area contributed by atoms with Crippen molar-refractivity contribution in [1.82, 2.24) is 0 Å². The molecule has 0 aliphatic carbocycles.